The van der Waals surface area contributed by atoms with Gasteiger partial charge in [0.15, 0.2) is 6.29 Å². The lowest BCUT2D eigenvalue weighted by molar-refractivity contribution is 0.112. The number of benzene rings is 2. The predicted octanol–water partition coefficient (Wildman–Crippen LogP) is 3.82. The van der Waals surface area contributed by atoms with Crippen LogP contribution in [0.4, 0.5) is 0 Å². The van der Waals surface area contributed by atoms with Gasteiger partial charge >= 0.3 is 0 Å². The minimum Gasteiger partial charge on any atom is -0.298 e. The molecule has 0 fully saturated rings. The van der Waals surface area contributed by atoms with Gasteiger partial charge < -0.3 is 0 Å². The fraction of sp³-hybridized carbons (Fsp3) is 0. The summed E-state index contributed by atoms with van der Waals surface area (Å²) in [6, 6.07) is 15.0. The predicted molar refractivity (Wildman–Crippen MR) is 62.3 cm³/mol. The molecule has 2 rings (SSSR count). The molecule has 0 spiro atoms. The first kappa shape index (κ1) is 9.94. The van der Waals surface area contributed by atoms with E-state index in [1.54, 1.807) is 18.2 Å². The lowest BCUT2D eigenvalue weighted by Gasteiger charge is -2.06. The van der Waals surface area contributed by atoms with E-state index in [1.807, 2.05) is 30.3 Å². The van der Waals surface area contributed by atoms with Crippen molar-refractivity contribution >= 4 is 17.9 Å². The molecule has 0 N–H and O–H groups in total. The van der Waals surface area contributed by atoms with Gasteiger partial charge in [-0.25, -0.2) is 0 Å². The molecule has 0 bridgehead atoms. The van der Waals surface area contributed by atoms with Crippen LogP contribution in [-0.2, 0) is 0 Å². The van der Waals surface area contributed by atoms with Gasteiger partial charge in [0.05, 0.1) is 0 Å². The molecule has 0 radical (unpaired) electrons. The summed E-state index contributed by atoms with van der Waals surface area (Å²) in [5, 5.41) is 0.603. The Morgan fingerprint density at radius 3 is 2.33 bits per heavy atom. The topological polar surface area (TPSA) is 17.1 Å². The summed E-state index contributed by atoms with van der Waals surface area (Å²) in [5.74, 6) is 0. The maximum atomic E-state index is 10.9. The van der Waals surface area contributed by atoms with Gasteiger partial charge in [0, 0.05) is 16.1 Å². The molecule has 1 nitrogen and oxygen atoms in total. The smallest absolute Gasteiger partial charge is 0.150 e. The average Bonchev–Trinajstić information content (AvgIpc) is 2.29. The highest BCUT2D eigenvalue weighted by Gasteiger charge is 2.07. The van der Waals surface area contributed by atoms with Crippen LogP contribution in [0, 0.1) is 0 Å². The van der Waals surface area contributed by atoms with Crippen LogP contribution in [0.2, 0.25) is 5.02 Å². The number of rotatable bonds is 2. The molecule has 0 unspecified atom stereocenters. The second-order valence-corrected chi connectivity index (χ2v) is 3.60. The minimum absolute atomic E-state index is 0.603. The summed E-state index contributed by atoms with van der Waals surface area (Å²) in [4.78, 5) is 10.9. The number of carbonyl (C=O) groups excluding carboxylic acids is 1. The summed E-state index contributed by atoms with van der Waals surface area (Å²) in [5.41, 5.74) is 2.38. The second kappa shape index (κ2) is 4.28. The van der Waals surface area contributed by atoms with E-state index >= 15 is 0 Å². The molecule has 0 saturated carbocycles. The van der Waals surface area contributed by atoms with E-state index in [2.05, 4.69) is 0 Å². The molecule has 0 saturated heterocycles. The Morgan fingerprint density at radius 1 is 0.933 bits per heavy atom. The van der Waals surface area contributed by atoms with E-state index in [-0.39, 0.29) is 0 Å². The minimum atomic E-state index is 0.603. The normalized spacial score (nSPS) is 9.93. The van der Waals surface area contributed by atoms with Crippen LogP contribution in [0.3, 0.4) is 0 Å². The van der Waals surface area contributed by atoms with E-state index in [1.165, 1.54) is 0 Å². The lowest BCUT2D eigenvalue weighted by atomic mass is 10.0. The Bertz CT molecular complexity index is 477. The van der Waals surface area contributed by atoms with Crippen molar-refractivity contribution in [3.63, 3.8) is 0 Å². The molecule has 2 aromatic rings. The van der Waals surface area contributed by atoms with Crippen LogP contribution in [0.5, 0.6) is 0 Å². The molecule has 2 heteroatoms. The average molecular weight is 217 g/mol. The lowest BCUT2D eigenvalue weighted by Crippen LogP contribution is -1.88. The summed E-state index contributed by atoms with van der Waals surface area (Å²) < 4.78 is 0. The molecular weight excluding hydrogens is 208 g/mol. The Hall–Kier alpha value is -1.60. The van der Waals surface area contributed by atoms with Gasteiger partial charge in [-0.3, -0.25) is 4.79 Å². The van der Waals surface area contributed by atoms with Crippen molar-refractivity contribution in [1.82, 2.24) is 0 Å². The Balaban J connectivity index is 2.66. The molecule has 0 atom stereocenters. The van der Waals surface area contributed by atoms with Crippen LogP contribution in [-0.4, -0.2) is 6.29 Å². The molecule has 0 aliphatic heterocycles. The SMILES string of the molecule is O=Cc1cccc(Cl)c1-c1ccccc1. The quantitative estimate of drug-likeness (QED) is 0.698. The molecule has 74 valence electrons. The third kappa shape index (κ3) is 1.92. The van der Waals surface area contributed by atoms with Crippen molar-refractivity contribution in [2.75, 3.05) is 0 Å². The standard InChI is InChI=1S/C13H9ClO/c14-12-8-4-7-11(9-15)13(12)10-5-2-1-3-6-10/h1-9H. The van der Waals surface area contributed by atoms with E-state index in [9.17, 15) is 4.79 Å². The number of hydrogen-bond donors (Lipinski definition) is 0. The van der Waals surface area contributed by atoms with E-state index in [0.717, 1.165) is 17.4 Å². The van der Waals surface area contributed by atoms with Crippen molar-refractivity contribution < 1.29 is 4.79 Å². The Kier molecular flexibility index (Phi) is 2.84. The fourth-order valence-electron chi connectivity index (χ4n) is 1.55. The third-order valence-corrected chi connectivity index (χ3v) is 2.55. The number of halogens is 1. The van der Waals surface area contributed by atoms with E-state index < -0.39 is 0 Å². The fourth-order valence-corrected chi connectivity index (χ4v) is 1.84. The first-order chi connectivity index (χ1) is 7.33. The molecule has 0 aliphatic rings. The van der Waals surface area contributed by atoms with Crippen LogP contribution in [0.15, 0.2) is 48.5 Å². The van der Waals surface area contributed by atoms with E-state index in [0.29, 0.717) is 10.6 Å². The van der Waals surface area contributed by atoms with Gasteiger partial charge in [0.25, 0.3) is 0 Å². The molecule has 0 aromatic heterocycles. The van der Waals surface area contributed by atoms with Crippen LogP contribution in [0.1, 0.15) is 10.4 Å². The largest absolute Gasteiger partial charge is 0.298 e. The first-order valence-corrected chi connectivity index (χ1v) is 5.00. The van der Waals surface area contributed by atoms with Crippen molar-refractivity contribution in [2.45, 2.75) is 0 Å². The van der Waals surface area contributed by atoms with Crippen LogP contribution < -0.4 is 0 Å². The molecule has 0 aliphatic carbocycles. The van der Waals surface area contributed by atoms with Gasteiger partial charge in [-0.15, -0.1) is 0 Å². The van der Waals surface area contributed by atoms with E-state index in [4.69, 9.17) is 11.6 Å². The zero-order valence-corrected chi connectivity index (χ0v) is 8.74. The van der Waals surface area contributed by atoms with Gasteiger partial charge in [-0.1, -0.05) is 54.1 Å². The van der Waals surface area contributed by atoms with Crippen molar-refractivity contribution in [2.24, 2.45) is 0 Å². The number of carbonyl (C=O) groups is 1. The summed E-state index contributed by atoms with van der Waals surface area (Å²) in [7, 11) is 0. The van der Waals surface area contributed by atoms with Gasteiger partial charge in [-0.05, 0) is 11.6 Å². The Morgan fingerprint density at radius 2 is 1.67 bits per heavy atom. The highest BCUT2D eigenvalue weighted by atomic mass is 35.5. The van der Waals surface area contributed by atoms with Gasteiger partial charge in [0.2, 0.25) is 0 Å². The Labute approximate surface area is 93.3 Å². The summed E-state index contributed by atoms with van der Waals surface area (Å²) in [6.07, 6.45) is 0.828. The molecular formula is C13H9ClO. The maximum Gasteiger partial charge on any atom is 0.150 e. The highest BCUT2D eigenvalue weighted by Crippen LogP contribution is 2.30. The van der Waals surface area contributed by atoms with Crippen molar-refractivity contribution in [1.29, 1.82) is 0 Å². The molecule has 15 heavy (non-hydrogen) atoms. The monoisotopic (exact) mass is 216 g/mol. The molecule has 0 heterocycles. The zero-order chi connectivity index (χ0) is 10.7. The maximum absolute atomic E-state index is 10.9. The zero-order valence-electron chi connectivity index (χ0n) is 7.98. The first-order valence-electron chi connectivity index (χ1n) is 4.62. The van der Waals surface area contributed by atoms with Crippen LogP contribution in [0.25, 0.3) is 11.1 Å². The molecule has 2 aromatic carbocycles. The van der Waals surface area contributed by atoms with Crippen molar-refractivity contribution in [3.05, 3.63) is 59.1 Å². The van der Waals surface area contributed by atoms with Crippen LogP contribution >= 0.6 is 11.6 Å². The van der Waals surface area contributed by atoms with Gasteiger partial charge in [0.1, 0.15) is 0 Å². The molecule has 0 amide bonds. The summed E-state index contributed by atoms with van der Waals surface area (Å²) >= 11 is 6.08. The second-order valence-electron chi connectivity index (χ2n) is 3.19. The summed E-state index contributed by atoms with van der Waals surface area (Å²) in [6.45, 7) is 0. The van der Waals surface area contributed by atoms with Gasteiger partial charge in [-0.2, -0.15) is 0 Å². The third-order valence-electron chi connectivity index (χ3n) is 2.24. The van der Waals surface area contributed by atoms with Crippen molar-refractivity contribution in [3.8, 4) is 11.1 Å². The number of aldehydes is 1. The highest BCUT2D eigenvalue weighted by molar-refractivity contribution is 6.34. The number of hydrogen-bond acceptors (Lipinski definition) is 1.